The molecule has 29 nitrogen and oxygen atoms in total. The first-order valence-corrected chi connectivity index (χ1v) is 43.6. The lowest BCUT2D eigenvalue weighted by Crippen LogP contribution is -2.35. The summed E-state index contributed by atoms with van der Waals surface area (Å²) in [4.78, 5) is 62.4. The van der Waals surface area contributed by atoms with Crippen LogP contribution in [0.5, 0.6) is 0 Å². The molecular weight excluding hydrogens is 1530 g/mol. The second kappa shape index (κ2) is 36.3. The number of fused-ring (bicyclic) bond motifs is 4. The molecule has 0 atom stereocenters. The minimum atomic E-state index is -3.44. The van der Waals surface area contributed by atoms with Gasteiger partial charge in [0.05, 0.1) is 36.2 Å². The second-order valence-electron chi connectivity index (χ2n) is 27.4. The summed E-state index contributed by atoms with van der Waals surface area (Å²) in [6, 6.07) is 42.7. The third-order valence-electron chi connectivity index (χ3n) is 19.7. The van der Waals surface area contributed by atoms with Crippen LogP contribution in [-0.4, -0.2) is 172 Å². The van der Waals surface area contributed by atoms with Crippen LogP contribution in [0, 0.1) is 0 Å². The minimum Gasteiger partial charge on any atom is -0.350 e. The van der Waals surface area contributed by atoms with Crippen molar-refractivity contribution in [3.05, 3.63) is 233 Å². The number of carbonyl (C=O) groups is 4. The quantitative estimate of drug-likeness (QED) is 0.0413. The van der Waals surface area contributed by atoms with Crippen molar-refractivity contribution in [3.8, 4) is 0 Å². The Morgan fingerprint density at radius 2 is 0.795 bits per heavy atom. The zero-order valence-electron chi connectivity index (χ0n) is 61.2. The van der Waals surface area contributed by atoms with Crippen LogP contribution >= 0.6 is 11.3 Å². The van der Waals surface area contributed by atoms with Crippen molar-refractivity contribution >= 4 is 113 Å². The number of pyridine rings is 3. The number of hydrogen-bond donors (Lipinski definition) is 6. The summed E-state index contributed by atoms with van der Waals surface area (Å²) in [5.41, 5.74) is 7.04. The van der Waals surface area contributed by atoms with Crippen molar-refractivity contribution in [2.45, 2.75) is 123 Å². The molecule has 7 aromatic heterocycles. The van der Waals surface area contributed by atoms with Crippen LogP contribution in [0.4, 0.5) is 0 Å². The largest absolute Gasteiger partial charge is 0.350 e. The number of aromatic nitrogens is 9. The number of nitrogens with one attached hydrogen (secondary N) is 6. The molecule has 0 radical (unpaired) electrons. The molecule has 4 amide bonds. The molecule has 34 heteroatoms. The van der Waals surface area contributed by atoms with E-state index in [1.807, 2.05) is 24.3 Å². The number of aromatic amines is 2. The minimum absolute atomic E-state index is 0.147. The first-order valence-electron chi connectivity index (χ1n) is 37.0. The molecule has 16 rings (SSSR count). The number of rotatable bonds is 20. The lowest BCUT2D eigenvalue weighted by Gasteiger charge is -2.25. The predicted octanol–water partition coefficient (Wildman–Crippen LogP) is 9.96. The maximum Gasteiger partial charge on any atom is 0.267 e. The van der Waals surface area contributed by atoms with E-state index in [1.54, 1.807) is 182 Å². The number of carbonyl (C=O) groups excluding carboxylic acids is 4. The molecule has 5 aromatic carbocycles. The van der Waals surface area contributed by atoms with E-state index in [2.05, 4.69) is 61.9 Å². The molecule has 0 bridgehead atoms. The van der Waals surface area contributed by atoms with Gasteiger partial charge in [-0.25, -0.2) is 38.2 Å². The van der Waals surface area contributed by atoms with Gasteiger partial charge in [0.2, 0.25) is 40.1 Å². The van der Waals surface area contributed by atoms with Crippen LogP contribution in [0.2, 0.25) is 0 Å². The van der Waals surface area contributed by atoms with E-state index in [9.17, 15) is 52.8 Å². The van der Waals surface area contributed by atoms with Gasteiger partial charge >= 0.3 is 0 Å². The highest BCUT2D eigenvalue weighted by Crippen LogP contribution is 2.28. The predicted molar refractivity (Wildman–Crippen MR) is 423 cm³/mol. The van der Waals surface area contributed by atoms with E-state index in [0.717, 1.165) is 131 Å². The summed E-state index contributed by atoms with van der Waals surface area (Å²) >= 11 is 1.43. The number of H-pyrrole nitrogens is 2. The highest BCUT2D eigenvalue weighted by molar-refractivity contribution is 7.90. The lowest BCUT2D eigenvalue weighted by atomic mass is 10.1. The van der Waals surface area contributed by atoms with E-state index < -0.39 is 40.1 Å². The van der Waals surface area contributed by atoms with Crippen molar-refractivity contribution < 1.29 is 52.8 Å². The van der Waals surface area contributed by atoms with Gasteiger partial charge in [-0.15, -0.1) is 16.4 Å². The highest BCUT2D eigenvalue weighted by Gasteiger charge is 2.30. The maximum absolute atomic E-state index is 12.7. The fourth-order valence-corrected chi connectivity index (χ4v) is 20.3. The van der Waals surface area contributed by atoms with Crippen molar-refractivity contribution in [2.24, 2.45) is 0 Å². The Kier molecular flexibility index (Phi) is 25.8. The topological polar surface area (TPSA) is 379 Å². The Morgan fingerprint density at radius 3 is 1.23 bits per heavy atom. The number of amides is 4. The molecule has 0 unspecified atom stereocenters. The number of hydrogen-bond acceptors (Lipinski definition) is 19. The van der Waals surface area contributed by atoms with Gasteiger partial charge < -0.3 is 26.3 Å². The van der Waals surface area contributed by atoms with Crippen LogP contribution in [0.25, 0.3) is 37.5 Å². The van der Waals surface area contributed by atoms with Crippen LogP contribution < -0.4 is 21.3 Å². The smallest absolute Gasteiger partial charge is 0.267 e. The molecule has 112 heavy (non-hydrogen) atoms. The number of tetrazole rings is 1. The highest BCUT2D eigenvalue weighted by atomic mass is 32.2. The van der Waals surface area contributed by atoms with Crippen molar-refractivity contribution in [2.75, 3.05) is 52.4 Å². The second-order valence-corrected chi connectivity index (χ2v) is 36.2. The van der Waals surface area contributed by atoms with Gasteiger partial charge in [0.15, 0.2) is 5.65 Å². The van der Waals surface area contributed by atoms with Crippen molar-refractivity contribution in [1.82, 2.24) is 83.7 Å². The molecule has 584 valence electrons. The van der Waals surface area contributed by atoms with Gasteiger partial charge in [-0.05, 0) is 187 Å². The monoisotopic (exact) mass is 1610 g/mol. The van der Waals surface area contributed by atoms with Gasteiger partial charge in [0.25, 0.3) is 23.6 Å². The Labute approximate surface area is 652 Å². The average Bonchev–Trinajstić information content (AvgIpc) is 1.38. The number of piperidine rings is 4. The maximum atomic E-state index is 12.7. The third kappa shape index (κ3) is 19.7. The first-order chi connectivity index (χ1) is 54.1. The average molecular weight is 1610 g/mol. The van der Waals surface area contributed by atoms with Gasteiger partial charge in [-0.1, -0.05) is 74.2 Å². The lowest BCUT2D eigenvalue weighted by molar-refractivity contribution is 0.0940. The SMILES string of the molecule is O=C(NCc1ccc(S(=O)(=O)N2CCCCC2)cc1)c1cc2cnccc2[nH]1.O=C(NCc1ccc(S(=O)(=O)N2CCCCC2)cc1)c1cc2cnccc2s1.O=C(NCc1ccc(S(=O)(=O)N2CCCCC2)cc1)c1ccc2[nH]ncc2c1.O=C(NCc1ccc(S(=O)(=O)N2CCCCC2)cc1)c1ccn2nnnc2c1. The zero-order valence-corrected chi connectivity index (χ0v) is 65.3. The summed E-state index contributed by atoms with van der Waals surface area (Å²) in [5, 5.41) is 32.0. The van der Waals surface area contributed by atoms with E-state index in [0.29, 0.717) is 121 Å². The summed E-state index contributed by atoms with van der Waals surface area (Å²) in [6.07, 6.45) is 21.7. The molecule has 4 saturated heterocycles. The van der Waals surface area contributed by atoms with Gasteiger partial charge in [-0.2, -0.15) is 22.3 Å². The van der Waals surface area contributed by atoms with Crippen LogP contribution in [0.3, 0.4) is 0 Å². The Balaban J connectivity index is 0.000000131. The number of nitrogens with zero attached hydrogens (tertiary/aromatic N) is 11. The third-order valence-corrected chi connectivity index (χ3v) is 28.5. The van der Waals surface area contributed by atoms with Gasteiger partial charge in [-0.3, -0.25) is 34.2 Å². The molecule has 0 saturated carbocycles. The molecule has 4 fully saturated rings. The van der Waals surface area contributed by atoms with E-state index in [1.165, 1.54) is 15.9 Å². The molecular formula is C78H85N17O12S5. The van der Waals surface area contributed by atoms with Crippen LogP contribution in [-0.2, 0) is 66.3 Å². The van der Waals surface area contributed by atoms with E-state index >= 15 is 0 Å². The molecule has 0 aliphatic carbocycles. The van der Waals surface area contributed by atoms with Crippen molar-refractivity contribution in [3.63, 3.8) is 0 Å². The number of sulfonamides is 4. The Morgan fingerprint density at radius 1 is 0.393 bits per heavy atom. The summed E-state index contributed by atoms with van der Waals surface area (Å²) in [7, 11) is -13.7. The molecule has 11 heterocycles. The first kappa shape index (κ1) is 79.5. The number of thiophene rings is 1. The Bertz CT molecular complexity index is 5130. The molecule has 4 aliphatic rings. The molecule has 12 aromatic rings. The van der Waals surface area contributed by atoms with E-state index in [-0.39, 0.29) is 28.5 Å². The van der Waals surface area contributed by atoms with Gasteiger partial charge in [0.1, 0.15) is 5.69 Å². The van der Waals surface area contributed by atoms with E-state index in [4.69, 9.17) is 0 Å². The number of benzene rings is 5. The summed E-state index contributed by atoms with van der Waals surface area (Å²) < 4.78 is 110. The van der Waals surface area contributed by atoms with Gasteiger partial charge in [0, 0.05) is 147 Å². The normalized spacial score (nSPS) is 15.6. The zero-order chi connectivity index (χ0) is 78.2. The van der Waals surface area contributed by atoms with Crippen LogP contribution in [0.1, 0.15) is 140 Å². The standard InChI is InChI=1S/2C20H22N4O3S.C20H21N3O3S2.C18H20N6O3S/c25-20(16-6-9-19-17(12-16)14-22-23-19)21-13-15-4-7-18(8-5-15)28(26,27)24-10-2-1-3-11-24;25-20(19-12-16-14-21-9-8-18(16)23-19)22-13-15-4-6-17(7-5-15)28(26,27)24-10-2-1-3-11-24;24-20(19-12-16-14-21-9-8-18(16)27-19)22-13-15-4-6-17(7-5-15)28(25,26)23-10-2-1-3-11-23;25-18(15-8-11-24-17(12-15)20-21-22-24)19-13-14-4-6-16(7-5-14)28(26,27)23-9-2-1-3-10-23/h4-9,12,14H,1-3,10-11,13H2,(H,21,25)(H,22,23);4-9,12,14,23H,1-3,10-11,13H2,(H,22,25);4-9,12,14H,1-3,10-11,13H2,(H,22,24);4-8,11-12H,1-3,9-10,13H2,(H,19,25). The summed E-state index contributed by atoms with van der Waals surface area (Å²) in [5.74, 6) is -0.809. The van der Waals surface area contributed by atoms with Crippen molar-refractivity contribution in [1.29, 1.82) is 0 Å². The molecule has 4 aliphatic heterocycles. The van der Waals surface area contributed by atoms with Crippen LogP contribution in [0.15, 0.2) is 208 Å². The fourth-order valence-electron chi connectivity index (χ4n) is 13.3. The molecule has 6 N–H and O–H groups in total. The summed E-state index contributed by atoms with van der Waals surface area (Å²) in [6.45, 7) is 5.94. The Hall–Kier alpha value is -10.6. The molecule has 0 spiro atoms. The fraction of sp³-hybridized carbons (Fsp3) is 0.308.